The smallest absolute Gasteiger partial charge is 0.315 e. The average molecular weight is 346 g/mol. The minimum Gasteiger partial charge on any atom is -0.336 e. The molecule has 0 saturated carbocycles. The number of halogens is 3. The highest BCUT2D eigenvalue weighted by Crippen LogP contribution is 2.32. The van der Waals surface area contributed by atoms with E-state index in [4.69, 9.17) is 23.2 Å². The normalized spacial score (nSPS) is 12.0. The first-order valence-corrected chi connectivity index (χ1v) is 7.26. The van der Waals surface area contributed by atoms with Gasteiger partial charge in [-0.25, -0.2) is 9.18 Å². The highest BCUT2D eigenvalue weighted by Gasteiger charge is 2.18. The Morgan fingerprint density at radius 2 is 2.23 bits per heavy atom. The minimum absolute atomic E-state index is 0.0945. The molecule has 0 spiro atoms. The maximum atomic E-state index is 13.5. The molecule has 2 rings (SSSR count). The molecule has 0 saturated heterocycles. The quantitative estimate of drug-likeness (QED) is 0.818. The lowest BCUT2D eigenvalue weighted by molar-refractivity contribution is 0.237. The number of aromatic nitrogens is 3. The van der Waals surface area contributed by atoms with Crippen molar-refractivity contribution < 1.29 is 9.18 Å². The van der Waals surface area contributed by atoms with E-state index in [9.17, 15) is 9.18 Å². The van der Waals surface area contributed by atoms with Crippen molar-refractivity contribution in [1.82, 2.24) is 25.6 Å². The molecule has 1 aromatic heterocycles. The van der Waals surface area contributed by atoms with Gasteiger partial charge >= 0.3 is 6.03 Å². The molecule has 1 atom stereocenters. The van der Waals surface area contributed by atoms with Crippen molar-refractivity contribution >= 4 is 29.2 Å². The Kier molecular flexibility index (Phi) is 5.57. The third-order valence-electron chi connectivity index (χ3n) is 2.96. The number of amides is 2. The van der Waals surface area contributed by atoms with Crippen LogP contribution in [0.25, 0.3) is 0 Å². The van der Waals surface area contributed by atoms with Gasteiger partial charge in [-0.05, 0) is 19.1 Å². The predicted octanol–water partition coefficient (Wildman–Crippen LogP) is 2.78. The molecule has 0 unspecified atom stereocenters. The first-order chi connectivity index (χ1) is 10.5. The van der Waals surface area contributed by atoms with Crippen LogP contribution >= 0.6 is 23.2 Å². The molecule has 0 bridgehead atoms. The molecule has 2 N–H and O–H groups in total. The molecule has 2 aromatic rings. The van der Waals surface area contributed by atoms with Crippen LogP contribution in [0.5, 0.6) is 0 Å². The van der Waals surface area contributed by atoms with Crippen molar-refractivity contribution in [2.75, 3.05) is 6.54 Å². The lowest BCUT2D eigenvalue weighted by Crippen LogP contribution is -2.38. The van der Waals surface area contributed by atoms with Crippen molar-refractivity contribution in [2.24, 2.45) is 0 Å². The van der Waals surface area contributed by atoms with Crippen LogP contribution in [0, 0.1) is 5.82 Å². The number of rotatable bonds is 5. The van der Waals surface area contributed by atoms with Gasteiger partial charge in [0.05, 0.1) is 23.8 Å². The maximum Gasteiger partial charge on any atom is 0.315 e. The van der Waals surface area contributed by atoms with Crippen molar-refractivity contribution in [3.05, 3.63) is 46.0 Å². The van der Waals surface area contributed by atoms with Crippen molar-refractivity contribution in [2.45, 2.75) is 19.5 Å². The highest BCUT2D eigenvalue weighted by molar-refractivity contribution is 6.36. The Labute approximate surface area is 136 Å². The van der Waals surface area contributed by atoms with Crippen LogP contribution in [0.3, 0.4) is 0 Å². The summed E-state index contributed by atoms with van der Waals surface area (Å²) in [5.74, 6) is -0.582. The Morgan fingerprint density at radius 3 is 2.91 bits per heavy atom. The van der Waals surface area contributed by atoms with Gasteiger partial charge in [-0.3, -0.25) is 4.68 Å². The van der Waals surface area contributed by atoms with Gasteiger partial charge < -0.3 is 10.6 Å². The van der Waals surface area contributed by atoms with Gasteiger partial charge in [-0.1, -0.05) is 28.4 Å². The molecule has 0 aliphatic rings. The van der Waals surface area contributed by atoms with E-state index in [1.807, 2.05) is 0 Å². The summed E-state index contributed by atoms with van der Waals surface area (Å²) in [6, 6.07) is 1.63. The van der Waals surface area contributed by atoms with Gasteiger partial charge in [0.15, 0.2) is 0 Å². The number of urea groups is 1. The molecule has 9 heteroatoms. The van der Waals surface area contributed by atoms with Gasteiger partial charge in [0, 0.05) is 23.3 Å². The van der Waals surface area contributed by atoms with E-state index in [1.54, 1.807) is 24.0 Å². The van der Waals surface area contributed by atoms with Gasteiger partial charge in [0.2, 0.25) is 0 Å². The highest BCUT2D eigenvalue weighted by atomic mass is 35.5. The summed E-state index contributed by atoms with van der Waals surface area (Å²) in [5.41, 5.74) is 0.342. The van der Waals surface area contributed by atoms with Crippen LogP contribution in [-0.4, -0.2) is 27.6 Å². The zero-order chi connectivity index (χ0) is 16.1. The SMILES string of the molecule is C[C@H](NC(=O)NCCn1ccnn1)c1c(Cl)ccc(F)c1Cl. The van der Waals surface area contributed by atoms with Crippen molar-refractivity contribution in [3.63, 3.8) is 0 Å². The topological polar surface area (TPSA) is 71.8 Å². The lowest BCUT2D eigenvalue weighted by atomic mass is 10.1. The summed E-state index contributed by atoms with van der Waals surface area (Å²) in [6.45, 7) is 2.53. The third kappa shape index (κ3) is 4.08. The molecular formula is C13H14Cl2FN5O. The maximum absolute atomic E-state index is 13.5. The van der Waals surface area contributed by atoms with Crippen LogP contribution in [0.2, 0.25) is 10.0 Å². The van der Waals surface area contributed by atoms with E-state index >= 15 is 0 Å². The number of hydrogen-bond donors (Lipinski definition) is 2. The van der Waals surface area contributed by atoms with E-state index in [2.05, 4.69) is 20.9 Å². The number of carbonyl (C=O) groups excluding carboxylic acids is 1. The molecule has 1 aromatic carbocycles. The Morgan fingerprint density at radius 1 is 1.45 bits per heavy atom. The molecular weight excluding hydrogens is 332 g/mol. The van der Waals surface area contributed by atoms with E-state index < -0.39 is 17.9 Å². The fourth-order valence-electron chi connectivity index (χ4n) is 1.90. The van der Waals surface area contributed by atoms with Crippen LogP contribution in [0.4, 0.5) is 9.18 Å². The van der Waals surface area contributed by atoms with Crippen molar-refractivity contribution in [1.29, 1.82) is 0 Å². The molecule has 2 amide bonds. The summed E-state index contributed by atoms with van der Waals surface area (Å²) in [6.07, 6.45) is 3.24. The Hall–Kier alpha value is -1.86. The zero-order valence-electron chi connectivity index (χ0n) is 11.7. The number of benzene rings is 1. The minimum atomic E-state index is -0.582. The molecule has 1 heterocycles. The largest absolute Gasteiger partial charge is 0.336 e. The monoisotopic (exact) mass is 345 g/mol. The average Bonchev–Trinajstić information content (AvgIpc) is 2.96. The van der Waals surface area contributed by atoms with Crippen LogP contribution in [0.15, 0.2) is 24.5 Å². The summed E-state index contributed by atoms with van der Waals surface area (Å²) in [7, 11) is 0. The van der Waals surface area contributed by atoms with Gasteiger partial charge in [-0.2, -0.15) is 0 Å². The summed E-state index contributed by atoms with van der Waals surface area (Å²) >= 11 is 11.9. The third-order valence-corrected chi connectivity index (χ3v) is 3.67. The van der Waals surface area contributed by atoms with E-state index in [1.165, 1.54) is 12.1 Å². The first kappa shape index (κ1) is 16.5. The second-order valence-corrected chi connectivity index (χ2v) is 5.33. The van der Waals surface area contributed by atoms with Crippen LogP contribution < -0.4 is 10.6 Å². The number of nitrogens with zero attached hydrogens (tertiary/aromatic N) is 3. The van der Waals surface area contributed by atoms with Gasteiger partial charge in [-0.15, -0.1) is 5.10 Å². The van der Waals surface area contributed by atoms with E-state index in [-0.39, 0.29) is 5.02 Å². The fourth-order valence-corrected chi connectivity index (χ4v) is 2.59. The first-order valence-electron chi connectivity index (χ1n) is 6.51. The second kappa shape index (κ2) is 7.42. The molecule has 0 aliphatic carbocycles. The Bertz CT molecular complexity index is 650. The molecule has 118 valence electrons. The van der Waals surface area contributed by atoms with Crippen LogP contribution in [-0.2, 0) is 6.54 Å². The Balaban J connectivity index is 1.90. The molecule has 0 radical (unpaired) electrons. The number of carbonyl (C=O) groups is 1. The zero-order valence-corrected chi connectivity index (χ0v) is 13.2. The van der Waals surface area contributed by atoms with Gasteiger partial charge in [0.25, 0.3) is 0 Å². The standard InChI is InChI=1S/C13H14Cl2FN5O/c1-8(11-9(14)2-3-10(16)12(11)15)19-13(22)17-4-6-21-7-5-18-20-21/h2-3,5,7-8H,4,6H2,1H3,(H2,17,19,22)/t8-/m0/s1. The second-order valence-electron chi connectivity index (χ2n) is 4.54. The number of nitrogens with one attached hydrogen (secondary N) is 2. The molecule has 6 nitrogen and oxygen atoms in total. The summed E-state index contributed by atoms with van der Waals surface area (Å²) < 4.78 is 15.1. The van der Waals surface area contributed by atoms with Crippen LogP contribution in [0.1, 0.15) is 18.5 Å². The van der Waals surface area contributed by atoms with E-state index in [0.29, 0.717) is 23.7 Å². The van der Waals surface area contributed by atoms with Gasteiger partial charge in [0.1, 0.15) is 5.82 Å². The molecule has 22 heavy (non-hydrogen) atoms. The number of hydrogen-bond acceptors (Lipinski definition) is 3. The lowest BCUT2D eigenvalue weighted by Gasteiger charge is -2.18. The van der Waals surface area contributed by atoms with E-state index in [0.717, 1.165) is 0 Å². The summed E-state index contributed by atoms with van der Waals surface area (Å²) in [4.78, 5) is 11.8. The predicted molar refractivity (Wildman–Crippen MR) is 81.4 cm³/mol. The molecule has 0 fully saturated rings. The molecule has 0 aliphatic heterocycles. The fraction of sp³-hybridized carbons (Fsp3) is 0.308. The van der Waals surface area contributed by atoms with Crippen molar-refractivity contribution in [3.8, 4) is 0 Å². The summed E-state index contributed by atoms with van der Waals surface area (Å²) in [5, 5.41) is 12.9.